The first-order valence-corrected chi connectivity index (χ1v) is 10.6. The minimum absolute atomic E-state index is 0.0246. The molecule has 1 heterocycles. The summed E-state index contributed by atoms with van der Waals surface area (Å²) < 4.78 is 4.71. The number of hydrogen-bond acceptors (Lipinski definition) is 9. The summed E-state index contributed by atoms with van der Waals surface area (Å²) in [7, 11) is 1.10. The van der Waals surface area contributed by atoms with Crippen molar-refractivity contribution < 1.29 is 24.2 Å². The number of piperazine rings is 1. The van der Waals surface area contributed by atoms with Gasteiger partial charge < -0.3 is 15.0 Å². The lowest BCUT2D eigenvalue weighted by atomic mass is 10.1. The standard InChI is InChI=1S/C22H25N5O7/c1-3-15-6-4-5-7-18(15)23-20(28)14-24-8-10-25(11-9-24)21-17(22(29)34-2)12-16(26(30)31)13-19(21)27(32)33/h4-7,12-13H,3,8-11,14H2,1-2H3,(H,23,28). The van der Waals surface area contributed by atoms with Gasteiger partial charge in [0.1, 0.15) is 5.69 Å². The summed E-state index contributed by atoms with van der Waals surface area (Å²) in [5.74, 6) is -1.08. The zero-order valence-electron chi connectivity index (χ0n) is 18.9. The molecule has 2 aromatic rings. The van der Waals surface area contributed by atoms with Gasteiger partial charge in [-0.1, -0.05) is 25.1 Å². The number of benzene rings is 2. The van der Waals surface area contributed by atoms with Crippen molar-refractivity contribution in [3.8, 4) is 0 Å². The summed E-state index contributed by atoms with van der Waals surface area (Å²) in [5.41, 5.74) is 0.407. The van der Waals surface area contributed by atoms with E-state index in [4.69, 9.17) is 4.74 Å². The number of carbonyl (C=O) groups is 2. The van der Waals surface area contributed by atoms with Gasteiger partial charge in [-0.15, -0.1) is 0 Å². The molecule has 12 heteroatoms. The zero-order valence-corrected chi connectivity index (χ0v) is 18.9. The molecule has 0 aliphatic carbocycles. The van der Waals surface area contributed by atoms with E-state index in [1.807, 2.05) is 36.1 Å². The average molecular weight is 471 g/mol. The van der Waals surface area contributed by atoms with Gasteiger partial charge in [0.15, 0.2) is 0 Å². The van der Waals surface area contributed by atoms with Crippen LogP contribution in [0.25, 0.3) is 0 Å². The maximum absolute atomic E-state index is 12.5. The summed E-state index contributed by atoms with van der Waals surface area (Å²) in [6, 6.07) is 9.38. The Morgan fingerprint density at radius 1 is 1.06 bits per heavy atom. The molecule has 1 aliphatic rings. The number of methoxy groups -OCH3 is 1. The molecule has 2 aromatic carbocycles. The molecule has 1 aliphatic heterocycles. The van der Waals surface area contributed by atoms with Gasteiger partial charge in [-0.2, -0.15) is 0 Å². The van der Waals surface area contributed by atoms with E-state index in [9.17, 15) is 29.8 Å². The summed E-state index contributed by atoms with van der Waals surface area (Å²) in [6.07, 6.45) is 0.783. The fraction of sp³-hybridized carbons (Fsp3) is 0.364. The lowest BCUT2D eigenvalue weighted by Gasteiger charge is -2.36. The molecular weight excluding hydrogens is 446 g/mol. The summed E-state index contributed by atoms with van der Waals surface area (Å²) in [6.45, 7) is 3.50. The largest absolute Gasteiger partial charge is 0.465 e. The average Bonchev–Trinajstić information content (AvgIpc) is 2.83. The van der Waals surface area contributed by atoms with Crippen molar-refractivity contribution in [2.24, 2.45) is 0 Å². The Bertz CT molecular complexity index is 1110. The number of non-ortho nitro benzene ring substituents is 1. The van der Waals surface area contributed by atoms with Crippen LogP contribution in [0.5, 0.6) is 0 Å². The number of amides is 1. The Hall–Kier alpha value is -4.06. The van der Waals surface area contributed by atoms with Gasteiger partial charge in [0, 0.05) is 37.9 Å². The minimum Gasteiger partial charge on any atom is -0.465 e. The maximum Gasteiger partial charge on any atom is 0.340 e. The van der Waals surface area contributed by atoms with E-state index in [-0.39, 0.29) is 36.8 Å². The van der Waals surface area contributed by atoms with Crippen LogP contribution < -0.4 is 10.2 Å². The number of nitro groups is 2. The molecule has 1 saturated heterocycles. The number of nitrogens with zero attached hydrogens (tertiary/aromatic N) is 4. The van der Waals surface area contributed by atoms with E-state index in [0.717, 1.165) is 36.9 Å². The highest BCUT2D eigenvalue weighted by Gasteiger charge is 2.33. The highest BCUT2D eigenvalue weighted by molar-refractivity contribution is 5.99. The predicted molar refractivity (Wildman–Crippen MR) is 124 cm³/mol. The van der Waals surface area contributed by atoms with Crippen LogP contribution in [0.4, 0.5) is 22.7 Å². The fourth-order valence-corrected chi connectivity index (χ4v) is 3.92. The Morgan fingerprint density at radius 2 is 1.74 bits per heavy atom. The van der Waals surface area contributed by atoms with Crippen molar-refractivity contribution >= 4 is 34.6 Å². The fourth-order valence-electron chi connectivity index (χ4n) is 3.92. The van der Waals surface area contributed by atoms with Crippen LogP contribution in [-0.4, -0.2) is 66.5 Å². The molecule has 1 fully saturated rings. The number of hydrogen-bond donors (Lipinski definition) is 1. The van der Waals surface area contributed by atoms with Gasteiger partial charge in [0.2, 0.25) is 5.91 Å². The Kier molecular flexibility index (Phi) is 7.74. The van der Waals surface area contributed by atoms with Crippen molar-refractivity contribution in [2.45, 2.75) is 13.3 Å². The number of aryl methyl sites for hydroxylation is 1. The molecule has 0 spiro atoms. The first-order valence-electron chi connectivity index (χ1n) is 10.6. The van der Waals surface area contributed by atoms with E-state index in [1.54, 1.807) is 4.90 Å². The number of esters is 1. The molecule has 0 radical (unpaired) electrons. The molecule has 1 N–H and O–H groups in total. The van der Waals surface area contributed by atoms with Crippen molar-refractivity contribution in [1.29, 1.82) is 0 Å². The Morgan fingerprint density at radius 3 is 2.32 bits per heavy atom. The first-order chi connectivity index (χ1) is 16.2. The smallest absolute Gasteiger partial charge is 0.340 e. The van der Waals surface area contributed by atoms with Crippen LogP contribution in [0.1, 0.15) is 22.8 Å². The van der Waals surface area contributed by atoms with E-state index in [2.05, 4.69) is 5.32 Å². The summed E-state index contributed by atoms with van der Waals surface area (Å²) in [4.78, 5) is 49.7. The predicted octanol–water partition coefficient (Wildman–Crippen LogP) is 2.61. The molecule has 12 nitrogen and oxygen atoms in total. The first kappa shape index (κ1) is 24.6. The quantitative estimate of drug-likeness (QED) is 0.348. The highest BCUT2D eigenvalue weighted by Crippen LogP contribution is 2.37. The second kappa shape index (κ2) is 10.7. The normalized spacial score (nSPS) is 13.9. The van der Waals surface area contributed by atoms with Crippen LogP contribution in [0.2, 0.25) is 0 Å². The summed E-state index contributed by atoms with van der Waals surface area (Å²) in [5, 5.41) is 25.8. The second-order valence-electron chi connectivity index (χ2n) is 7.69. The topological polar surface area (TPSA) is 148 Å². The van der Waals surface area contributed by atoms with E-state index >= 15 is 0 Å². The molecular formula is C22H25N5O7. The monoisotopic (exact) mass is 471 g/mol. The number of carbonyl (C=O) groups excluding carboxylic acids is 2. The van der Waals surface area contributed by atoms with Crippen molar-refractivity contribution in [3.05, 3.63) is 67.8 Å². The molecule has 34 heavy (non-hydrogen) atoms. The third-order valence-corrected chi connectivity index (χ3v) is 5.62. The molecule has 1 amide bonds. The SMILES string of the molecule is CCc1ccccc1NC(=O)CN1CCN(c2c(C(=O)OC)cc([N+](=O)[O-])cc2[N+](=O)[O-])CC1. The molecule has 0 unspecified atom stereocenters. The van der Waals surface area contributed by atoms with Crippen LogP contribution in [0.3, 0.4) is 0 Å². The number of rotatable bonds is 8. The zero-order chi connectivity index (χ0) is 24.8. The third-order valence-electron chi connectivity index (χ3n) is 5.62. The third kappa shape index (κ3) is 5.46. The lowest BCUT2D eigenvalue weighted by molar-refractivity contribution is -0.393. The van der Waals surface area contributed by atoms with Gasteiger partial charge >= 0.3 is 5.97 Å². The number of nitro benzene ring substituents is 2. The molecule has 0 saturated carbocycles. The number of para-hydroxylation sites is 1. The van der Waals surface area contributed by atoms with E-state index in [0.29, 0.717) is 13.1 Å². The van der Waals surface area contributed by atoms with Crippen LogP contribution in [-0.2, 0) is 16.0 Å². The van der Waals surface area contributed by atoms with Gasteiger partial charge in [0.05, 0.1) is 35.1 Å². The number of ether oxygens (including phenoxy) is 1. The highest BCUT2D eigenvalue weighted by atomic mass is 16.6. The van der Waals surface area contributed by atoms with Gasteiger partial charge in [0.25, 0.3) is 11.4 Å². The lowest BCUT2D eigenvalue weighted by Crippen LogP contribution is -2.49. The Balaban J connectivity index is 1.75. The van der Waals surface area contributed by atoms with Crippen LogP contribution in [0.15, 0.2) is 36.4 Å². The maximum atomic E-state index is 12.5. The second-order valence-corrected chi connectivity index (χ2v) is 7.69. The number of nitrogens with one attached hydrogen (secondary N) is 1. The van der Waals surface area contributed by atoms with Crippen molar-refractivity contribution in [3.63, 3.8) is 0 Å². The van der Waals surface area contributed by atoms with E-state index in [1.165, 1.54) is 0 Å². The van der Waals surface area contributed by atoms with Crippen LogP contribution in [0, 0.1) is 20.2 Å². The number of anilines is 2. The van der Waals surface area contributed by atoms with Crippen molar-refractivity contribution in [2.75, 3.05) is 50.1 Å². The van der Waals surface area contributed by atoms with E-state index < -0.39 is 27.2 Å². The molecule has 3 rings (SSSR count). The molecule has 180 valence electrons. The molecule has 0 bridgehead atoms. The minimum atomic E-state index is -0.904. The Labute approximate surface area is 195 Å². The molecule has 0 aromatic heterocycles. The molecule has 0 atom stereocenters. The van der Waals surface area contributed by atoms with Gasteiger partial charge in [-0.05, 0) is 18.1 Å². The summed E-state index contributed by atoms with van der Waals surface area (Å²) >= 11 is 0. The van der Waals surface area contributed by atoms with Crippen molar-refractivity contribution in [1.82, 2.24) is 4.90 Å². The van der Waals surface area contributed by atoms with Gasteiger partial charge in [-0.25, -0.2) is 4.79 Å². The van der Waals surface area contributed by atoms with Gasteiger partial charge in [-0.3, -0.25) is 29.9 Å². The van der Waals surface area contributed by atoms with Crippen LogP contribution >= 0.6 is 0 Å².